The number of anilines is 1. The molecule has 27 heavy (non-hydrogen) atoms. The number of hydrogen-bond acceptors (Lipinski definition) is 6. The summed E-state index contributed by atoms with van der Waals surface area (Å²) in [4.78, 5) is 23.5. The van der Waals surface area contributed by atoms with Gasteiger partial charge in [-0.2, -0.15) is 0 Å². The Labute approximate surface area is 162 Å². The Morgan fingerprint density at radius 2 is 1.85 bits per heavy atom. The zero-order chi connectivity index (χ0) is 19.9. The van der Waals surface area contributed by atoms with Crippen molar-refractivity contribution in [1.29, 1.82) is 0 Å². The van der Waals surface area contributed by atoms with Crippen LogP contribution in [0.5, 0.6) is 0 Å². The van der Waals surface area contributed by atoms with Crippen molar-refractivity contribution in [2.75, 3.05) is 18.5 Å². The lowest BCUT2D eigenvalue weighted by molar-refractivity contribution is -0.147. The van der Waals surface area contributed by atoms with Gasteiger partial charge in [-0.1, -0.05) is 32.0 Å². The molecule has 2 N–H and O–H groups in total. The minimum Gasteiger partial charge on any atom is -0.456 e. The molecule has 1 aromatic carbocycles. The third kappa shape index (κ3) is 6.78. The molecule has 0 fully saturated rings. The molecule has 0 aliphatic heterocycles. The smallest absolute Gasteiger partial charge is 0.307 e. The molecule has 0 atom stereocenters. The summed E-state index contributed by atoms with van der Waals surface area (Å²) in [5.41, 5.74) is 1.77. The largest absolute Gasteiger partial charge is 0.456 e. The first-order valence-electron chi connectivity index (χ1n) is 8.36. The summed E-state index contributed by atoms with van der Waals surface area (Å²) >= 11 is 1.09. The van der Waals surface area contributed by atoms with Gasteiger partial charge in [0, 0.05) is 12.2 Å². The first-order valence-corrected chi connectivity index (χ1v) is 10.7. The fraction of sp³-hybridized carbons (Fsp3) is 0.333. The van der Waals surface area contributed by atoms with Crippen LogP contribution in [0, 0.1) is 0 Å². The average Bonchev–Trinajstić information content (AvgIpc) is 3.16. The van der Waals surface area contributed by atoms with E-state index in [-0.39, 0.29) is 17.2 Å². The molecule has 146 valence electrons. The number of ether oxygens (including phenoxy) is 1. The number of benzene rings is 1. The maximum atomic E-state index is 11.9. The highest BCUT2D eigenvalue weighted by Gasteiger charge is 2.15. The van der Waals surface area contributed by atoms with Crippen LogP contribution in [-0.4, -0.2) is 33.4 Å². The number of amides is 1. The van der Waals surface area contributed by atoms with Crippen molar-refractivity contribution >= 4 is 38.9 Å². The second kappa shape index (κ2) is 9.63. The van der Waals surface area contributed by atoms with E-state index >= 15 is 0 Å². The molecule has 1 aromatic heterocycles. The summed E-state index contributed by atoms with van der Waals surface area (Å²) in [7, 11) is -3.61. The third-order valence-corrected chi connectivity index (χ3v) is 6.46. The third-order valence-electron chi connectivity index (χ3n) is 3.61. The van der Waals surface area contributed by atoms with E-state index in [1.165, 1.54) is 6.07 Å². The van der Waals surface area contributed by atoms with Crippen molar-refractivity contribution in [1.82, 2.24) is 4.72 Å². The molecule has 2 rings (SSSR count). The van der Waals surface area contributed by atoms with Crippen LogP contribution in [0.1, 0.15) is 31.7 Å². The molecule has 2 aromatic rings. The molecular weight excluding hydrogens is 388 g/mol. The lowest BCUT2D eigenvalue weighted by Gasteiger charge is -2.09. The molecule has 9 heteroatoms. The lowest BCUT2D eigenvalue weighted by Crippen LogP contribution is -2.27. The molecule has 0 bridgehead atoms. The normalized spacial score (nSPS) is 11.4. The van der Waals surface area contributed by atoms with E-state index in [1.54, 1.807) is 23.6 Å². The SMILES string of the molecule is CC(C)c1ccc(NC(=O)COC(=O)CCNS(=O)(=O)c2cccs2)cc1. The summed E-state index contributed by atoms with van der Waals surface area (Å²) in [6.45, 7) is 3.63. The number of carbonyl (C=O) groups excluding carboxylic acids is 2. The number of nitrogens with one attached hydrogen (secondary N) is 2. The van der Waals surface area contributed by atoms with Gasteiger partial charge >= 0.3 is 5.97 Å². The molecule has 0 saturated carbocycles. The molecule has 0 aliphatic carbocycles. The summed E-state index contributed by atoms with van der Waals surface area (Å²) in [5, 5.41) is 4.29. The van der Waals surface area contributed by atoms with Crippen LogP contribution in [0.2, 0.25) is 0 Å². The van der Waals surface area contributed by atoms with E-state index in [0.29, 0.717) is 11.6 Å². The van der Waals surface area contributed by atoms with Gasteiger partial charge in [0.25, 0.3) is 5.91 Å². The van der Waals surface area contributed by atoms with E-state index < -0.39 is 28.5 Å². The Balaban J connectivity index is 1.69. The number of thiophene rings is 1. The highest BCUT2D eigenvalue weighted by atomic mass is 32.2. The first kappa shape index (κ1) is 21.1. The van der Waals surface area contributed by atoms with Crippen molar-refractivity contribution in [3.63, 3.8) is 0 Å². The van der Waals surface area contributed by atoms with Crippen molar-refractivity contribution in [3.8, 4) is 0 Å². The number of esters is 1. The second-order valence-corrected chi connectivity index (χ2v) is 9.01. The summed E-state index contributed by atoms with van der Waals surface area (Å²) in [6.07, 6.45) is -0.166. The first-order chi connectivity index (χ1) is 12.8. The summed E-state index contributed by atoms with van der Waals surface area (Å²) < 4.78 is 31.1. The predicted octanol–water partition coefficient (Wildman–Crippen LogP) is 2.72. The highest BCUT2D eigenvalue weighted by Crippen LogP contribution is 2.17. The van der Waals surface area contributed by atoms with Gasteiger partial charge in [-0.05, 0) is 35.1 Å². The van der Waals surface area contributed by atoms with Gasteiger partial charge in [-0.15, -0.1) is 11.3 Å². The van der Waals surface area contributed by atoms with Crippen LogP contribution in [0.3, 0.4) is 0 Å². The van der Waals surface area contributed by atoms with Crippen LogP contribution >= 0.6 is 11.3 Å². The quantitative estimate of drug-likeness (QED) is 0.619. The number of hydrogen-bond donors (Lipinski definition) is 2. The van der Waals surface area contributed by atoms with Crippen molar-refractivity contribution in [2.24, 2.45) is 0 Å². The van der Waals surface area contributed by atoms with E-state index in [1.807, 2.05) is 12.1 Å². The van der Waals surface area contributed by atoms with Crippen molar-refractivity contribution in [3.05, 3.63) is 47.3 Å². The predicted molar refractivity (Wildman–Crippen MR) is 104 cm³/mol. The van der Waals surface area contributed by atoms with Gasteiger partial charge in [-0.3, -0.25) is 9.59 Å². The van der Waals surface area contributed by atoms with Crippen LogP contribution in [0.4, 0.5) is 5.69 Å². The Morgan fingerprint density at radius 3 is 2.44 bits per heavy atom. The Bertz CT molecular complexity index is 860. The Kier molecular flexibility index (Phi) is 7.52. The molecule has 1 heterocycles. The van der Waals surface area contributed by atoms with Crippen LogP contribution in [-0.2, 0) is 24.3 Å². The van der Waals surface area contributed by atoms with E-state index in [9.17, 15) is 18.0 Å². The van der Waals surface area contributed by atoms with Gasteiger partial charge in [0.05, 0.1) is 6.42 Å². The number of sulfonamides is 1. The highest BCUT2D eigenvalue weighted by molar-refractivity contribution is 7.91. The van der Waals surface area contributed by atoms with Crippen LogP contribution < -0.4 is 10.0 Å². The molecule has 7 nitrogen and oxygen atoms in total. The van der Waals surface area contributed by atoms with Crippen LogP contribution in [0.15, 0.2) is 46.0 Å². The summed E-state index contributed by atoms with van der Waals surface area (Å²) in [6, 6.07) is 10.5. The fourth-order valence-electron chi connectivity index (χ4n) is 2.14. The molecule has 0 radical (unpaired) electrons. The van der Waals surface area contributed by atoms with Gasteiger partial charge in [0.15, 0.2) is 6.61 Å². The maximum Gasteiger partial charge on any atom is 0.307 e. The lowest BCUT2D eigenvalue weighted by atomic mass is 10.0. The van der Waals surface area contributed by atoms with Gasteiger partial charge < -0.3 is 10.1 Å². The van der Waals surface area contributed by atoms with Crippen molar-refractivity contribution in [2.45, 2.75) is 30.4 Å². The topological polar surface area (TPSA) is 102 Å². The number of rotatable bonds is 9. The van der Waals surface area contributed by atoms with Gasteiger partial charge in [0.2, 0.25) is 10.0 Å². The monoisotopic (exact) mass is 410 g/mol. The van der Waals surface area contributed by atoms with E-state index in [0.717, 1.165) is 16.9 Å². The van der Waals surface area contributed by atoms with E-state index in [2.05, 4.69) is 23.9 Å². The minimum absolute atomic E-state index is 0.0999. The maximum absolute atomic E-state index is 11.9. The molecule has 0 spiro atoms. The molecule has 0 saturated heterocycles. The standard InChI is InChI=1S/C18H22N2O5S2/c1-13(2)14-5-7-15(8-6-14)20-16(21)12-25-17(22)9-10-19-27(23,24)18-4-3-11-26-18/h3-8,11,13,19H,9-10,12H2,1-2H3,(H,20,21). The van der Waals surface area contributed by atoms with Gasteiger partial charge in [0.1, 0.15) is 4.21 Å². The minimum atomic E-state index is -3.61. The fourth-order valence-corrected chi connectivity index (χ4v) is 4.21. The average molecular weight is 411 g/mol. The molecule has 1 amide bonds. The van der Waals surface area contributed by atoms with E-state index in [4.69, 9.17) is 4.74 Å². The number of carbonyl (C=O) groups is 2. The molecular formula is C18H22N2O5S2. The molecule has 0 aliphatic rings. The Hall–Kier alpha value is -2.23. The zero-order valence-electron chi connectivity index (χ0n) is 15.1. The van der Waals surface area contributed by atoms with Crippen molar-refractivity contribution < 1.29 is 22.7 Å². The van der Waals surface area contributed by atoms with Crippen LogP contribution in [0.25, 0.3) is 0 Å². The zero-order valence-corrected chi connectivity index (χ0v) is 16.7. The van der Waals surface area contributed by atoms with Gasteiger partial charge in [-0.25, -0.2) is 13.1 Å². The Morgan fingerprint density at radius 1 is 1.15 bits per heavy atom. The molecule has 0 unspecified atom stereocenters. The second-order valence-electron chi connectivity index (χ2n) is 6.07. The summed E-state index contributed by atoms with van der Waals surface area (Å²) in [5.74, 6) is -0.720.